The molecule has 2 aromatic carbocycles. The highest BCUT2D eigenvalue weighted by Gasteiger charge is 2.36. The monoisotopic (exact) mass is 438 g/mol. The van der Waals surface area contributed by atoms with Crippen LogP contribution in [0.25, 0.3) is 0 Å². The van der Waals surface area contributed by atoms with E-state index in [0.717, 1.165) is 5.56 Å². The minimum absolute atomic E-state index is 0.0409. The SMILES string of the molecule is CCOC(=O)C1=NN(c2ccccc2)C(C(=O)NCc2cccc(NC(=O)COC)c2)C1. The van der Waals surface area contributed by atoms with E-state index in [1.54, 1.807) is 30.1 Å². The van der Waals surface area contributed by atoms with Gasteiger partial charge in [0.25, 0.3) is 0 Å². The summed E-state index contributed by atoms with van der Waals surface area (Å²) in [5, 5.41) is 11.5. The van der Waals surface area contributed by atoms with E-state index in [1.165, 1.54) is 7.11 Å². The van der Waals surface area contributed by atoms with Gasteiger partial charge in [0, 0.05) is 25.8 Å². The molecule has 1 aliphatic heterocycles. The zero-order valence-corrected chi connectivity index (χ0v) is 18.0. The summed E-state index contributed by atoms with van der Waals surface area (Å²) in [6, 6.07) is 15.7. The Kier molecular flexibility index (Phi) is 7.93. The van der Waals surface area contributed by atoms with Crippen molar-refractivity contribution in [2.24, 2.45) is 5.10 Å². The standard InChI is InChI=1S/C23H26N4O5/c1-3-32-23(30)19-13-20(27(26-19)18-10-5-4-6-11-18)22(29)24-14-16-8-7-9-17(12-16)25-21(28)15-31-2/h4-12,20H,3,13-15H2,1-2H3,(H,24,29)(H,25,28). The quantitative estimate of drug-likeness (QED) is 0.580. The number of ether oxygens (including phenoxy) is 2. The third-order valence-electron chi connectivity index (χ3n) is 4.70. The van der Waals surface area contributed by atoms with Gasteiger partial charge in [-0.05, 0) is 36.8 Å². The number of rotatable bonds is 9. The molecule has 9 heteroatoms. The molecule has 1 unspecified atom stereocenters. The van der Waals surface area contributed by atoms with E-state index in [4.69, 9.17) is 9.47 Å². The molecule has 0 aromatic heterocycles. The molecule has 1 atom stereocenters. The van der Waals surface area contributed by atoms with Gasteiger partial charge in [0.2, 0.25) is 11.8 Å². The Bertz CT molecular complexity index is 993. The first-order valence-electron chi connectivity index (χ1n) is 10.3. The fraction of sp³-hybridized carbons (Fsp3) is 0.304. The molecule has 1 heterocycles. The van der Waals surface area contributed by atoms with E-state index in [1.807, 2.05) is 36.4 Å². The average molecular weight is 438 g/mol. The zero-order valence-electron chi connectivity index (χ0n) is 18.0. The number of anilines is 2. The number of nitrogens with one attached hydrogen (secondary N) is 2. The van der Waals surface area contributed by atoms with E-state index in [9.17, 15) is 14.4 Å². The van der Waals surface area contributed by atoms with Crippen molar-refractivity contribution in [3.05, 3.63) is 60.2 Å². The number of methoxy groups -OCH3 is 1. The van der Waals surface area contributed by atoms with Crippen molar-refractivity contribution in [1.82, 2.24) is 5.32 Å². The molecule has 0 saturated carbocycles. The van der Waals surface area contributed by atoms with Crippen LogP contribution in [-0.2, 0) is 30.4 Å². The number of carbonyl (C=O) groups excluding carboxylic acids is 3. The summed E-state index contributed by atoms with van der Waals surface area (Å²) in [5.74, 6) is -1.06. The Hall–Kier alpha value is -3.72. The molecule has 3 rings (SSSR count). The fourth-order valence-corrected chi connectivity index (χ4v) is 3.27. The van der Waals surface area contributed by atoms with Crippen molar-refractivity contribution in [1.29, 1.82) is 0 Å². The van der Waals surface area contributed by atoms with Crippen molar-refractivity contribution >= 4 is 34.9 Å². The third-order valence-corrected chi connectivity index (χ3v) is 4.70. The van der Waals surface area contributed by atoms with Crippen LogP contribution in [0.3, 0.4) is 0 Å². The second-order valence-corrected chi connectivity index (χ2v) is 7.07. The van der Waals surface area contributed by atoms with Gasteiger partial charge < -0.3 is 20.1 Å². The van der Waals surface area contributed by atoms with E-state index in [2.05, 4.69) is 15.7 Å². The number of para-hydroxylation sites is 1. The van der Waals surface area contributed by atoms with Gasteiger partial charge in [0.15, 0.2) is 0 Å². The molecule has 0 fully saturated rings. The number of hydrogen-bond donors (Lipinski definition) is 2. The van der Waals surface area contributed by atoms with E-state index in [-0.39, 0.29) is 43.7 Å². The van der Waals surface area contributed by atoms with Crippen LogP contribution in [0.15, 0.2) is 59.7 Å². The predicted octanol–water partition coefficient (Wildman–Crippen LogP) is 2.09. The van der Waals surface area contributed by atoms with Crippen molar-refractivity contribution in [3.8, 4) is 0 Å². The summed E-state index contributed by atoms with van der Waals surface area (Å²) in [6.45, 7) is 2.16. The Morgan fingerprint density at radius 3 is 2.62 bits per heavy atom. The van der Waals surface area contributed by atoms with Gasteiger partial charge in [-0.25, -0.2) is 4.79 Å². The summed E-state index contributed by atoms with van der Waals surface area (Å²) in [7, 11) is 1.45. The molecule has 9 nitrogen and oxygen atoms in total. The van der Waals surface area contributed by atoms with Crippen molar-refractivity contribution in [2.75, 3.05) is 30.6 Å². The minimum atomic E-state index is -0.679. The maximum Gasteiger partial charge on any atom is 0.354 e. The highest BCUT2D eigenvalue weighted by molar-refractivity contribution is 6.38. The first-order valence-corrected chi connectivity index (χ1v) is 10.3. The van der Waals surface area contributed by atoms with Gasteiger partial charge in [-0.15, -0.1) is 0 Å². The van der Waals surface area contributed by atoms with Crippen LogP contribution in [-0.4, -0.2) is 49.9 Å². The van der Waals surface area contributed by atoms with Gasteiger partial charge in [-0.1, -0.05) is 30.3 Å². The molecule has 168 valence electrons. The predicted molar refractivity (Wildman–Crippen MR) is 120 cm³/mol. The number of esters is 1. The number of hydrogen-bond acceptors (Lipinski definition) is 7. The fourth-order valence-electron chi connectivity index (χ4n) is 3.27. The topological polar surface area (TPSA) is 109 Å². The number of hydrazone groups is 1. The molecule has 0 radical (unpaired) electrons. The lowest BCUT2D eigenvalue weighted by molar-refractivity contribution is -0.135. The zero-order chi connectivity index (χ0) is 22.9. The van der Waals surface area contributed by atoms with Gasteiger partial charge in [0.05, 0.1) is 12.3 Å². The molecular weight excluding hydrogens is 412 g/mol. The van der Waals surface area contributed by atoms with Gasteiger partial charge in [-0.3, -0.25) is 14.6 Å². The minimum Gasteiger partial charge on any atom is -0.461 e. The Labute approximate surface area is 186 Å². The third kappa shape index (κ3) is 5.92. The van der Waals surface area contributed by atoms with Crippen LogP contribution < -0.4 is 15.6 Å². The van der Waals surface area contributed by atoms with Gasteiger partial charge >= 0.3 is 5.97 Å². The first kappa shape index (κ1) is 23.0. The van der Waals surface area contributed by atoms with Crippen molar-refractivity contribution in [2.45, 2.75) is 25.9 Å². The van der Waals surface area contributed by atoms with Crippen LogP contribution in [0.5, 0.6) is 0 Å². The molecule has 2 amide bonds. The number of carbonyl (C=O) groups is 3. The molecule has 2 N–H and O–H groups in total. The molecule has 0 aliphatic carbocycles. The average Bonchev–Trinajstić information content (AvgIpc) is 3.24. The Morgan fingerprint density at radius 1 is 1.12 bits per heavy atom. The Balaban J connectivity index is 1.68. The molecule has 32 heavy (non-hydrogen) atoms. The Morgan fingerprint density at radius 2 is 1.91 bits per heavy atom. The first-order chi connectivity index (χ1) is 15.5. The van der Waals surface area contributed by atoms with Crippen molar-refractivity contribution in [3.63, 3.8) is 0 Å². The highest BCUT2D eigenvalue weighted by atomic mass is 16.5. The van der Waals surface area contributed by atoms with Crippen LogP contribution in [0.4, 0.5) is 11.4 Å². The maximum absolute atomic E-state index is 13.0. The largest absolute Gasteiger partial charge is 0.461 e. The molecular formula is C23H26N4O5. The normalized spacial score (nSPS) is 15.1. The van der Waals surface area contributed by atoms with Crippen LogP contribution in [0, 0.1) is 0 Å². The van der Waals surface area contributed by atoms with E-state index >= 15 is 0 Å². The lowest BCUT2D eigenvalue weighted by Gasteiger charge is -2.22. The maximum atomic E-state index is 13.0. The summed E-state index contributed by atoms with van der Waals surface area (Å²) < 4.78 is 9.87. The molecule has 2 aromatic rings. The number of amides is 2. The van der Waals surface area contributed by atoms with E-state index in [0.29, 0.717) is 11.4 Å². The van der Waals surface area contributed by atoms with Crippen LogP contribution in [0.2, 0.25) is 0 Å². The van der Waals surface area contributed by atoms with Crippen LogP contribution >= 0.6 is 0 Å². The van der Waals surface area contributed by atoms with Gasteiger partial charge in [-0.2, -0.15) is 5.10 Å². The molecule has 0 saturated heterocycles. The molecule has 1 aliphatic rings. The van der Waals surface area contributed by atoms with Crippen LogP contribution in [0.1, 0.15) is 18.9 Å². The second kappa shape index (κ2) is 11.1. The summed E-state index contributed by atoms with van der Waals surface area (Å²) in [6.07, 6.45) is 0.146. The molecule has 0 bridgehead atoms. The number of benzene rings is 2. The smallest absolute Gasteiger partial charge is 0.354 e. The lowest BCUT2D eigenvalue weighted by Crippen LogP contribution is -2.42. The summed E-state index contributed by atoms with van der Waals surface area (Å²) in [4.78, 5) is 36.9. The highest BCUT2D eigenvalue weighted by Crippen LogP contribution is 2.25. The second-order valence-electron chi connectivity index (χ2n) is 7.07. The molecule has 0 spiro atoms. The summed E-state index contributed by atoms with van der Waals surface area (Å²) in [5.41, 5.74) is 2.33. The van der Waals surface area contributed by atoms with Gasteiger partial charge in [0.1, 0.15) is 18.4 Å². The number of nitrogens with zero attached hydrogens (tertiary/aromatic N) is 2. The van der Waals surface area contributed by atoms with Crippen molar-refractivity contribution < 1.29 is 23.9 Å². The van der Waals surface area contributed by atoms with E-state index < -0.39 is 12.0 Å². The summed E-state index contributed by atoms with van der Waals surface area (Å²) >= 11 is 0. The lowest BCUT2D eigenvalue weighted by atomic mass is 10.1.